The van der Waals surface area contributed by atoms with Crippen LogP contribution in [0.4, 0.5) is 0 Å². The highest BCUT2D eigenvalue weighted by Crippen LogP contribution is 2.20. The first-order valence-electron chi connectivity index (χ1n) is 7.23. The second kappa shape index (κ2) is 6.91. The summed E-state index contributed by atoms with van der Waals surface area (Å²) < 4.78 is 0. The van der Waals surface area contributed by atoms with Gasteiger partial charge in [-0.3, -0.25) is 4.90 Å². The van der Waals surface area contributed by atoms with Crippen molar-refractivity contribution in [3.05, 3.63) is 35.9 Å². The smallest absolute Gasteiger partial charge is 0.0233 e. The van der Waals surface area contributed by atoms with Gasteiger partial charge in [-0.05, 0) is 37.4 Å². The second-order valence-corrected chi connectivity index (χ2v) is 5.77. The quantitative estimate of drug-likeness (QED) is 0.830. The van der Waals surface area contributed by atoms with Gasteiger partial charge in [0.05, 0.1) is 0 Å². The molecular formula is C16H26N2. The van der Waals surface area contributed by atoms with E-state index in [4.69, 9.17) is 0 Å². The molecule has 1 aliphatic rings. The summed E-state index contributed by atoms with van der Waals surface area (Å²) in [7, 11) is 0. The summed E-state index contributed by atoms with van der Waals surface area (Å²) in [6.07, 6.45) is 2.69. The van der Waals surface area contributed by atoms with Gasteiger partial charge in [0.25, 0.3) is 0 Å². The number of benzene rings is 1. The van der Waals surface area contributed by atoms with E-state index in [2.05, 4.69) is 54.4 Å². The van der Waals surface area contributed by atoms with E-state index in [1.807, 2.05) is 0 Å². The number of nitrogens with zero attached hydrogens (tertiary/aromatic N) is 1. The predicted octanol–water partition coefficient (Wildman–Crippen LogP) is 2.90. The van der Waals surface area contributed by atoms with Crippen molar-refractivity contribution >= 4 is 0 Å². The Kier molecular flexibility index (Phi) is 5.21. The van der Waals surface area contributed by atoms with Crippen molar-refractivity contribution in [2.75, 3.05) is 19.6 Å². The van der Waals surface area contributed by atoms with Gasteiger partial charge in [-0.2, -0.15) is 0 Å². The first-order chi connectivity index (χ1) is 8.74. The molecule has 1 saturated heterocycles. The molecule has 0 saturated carbocycles. The fraction of sp³-hybridized carbons (Fsp3) is 0.625. The van der Waals surface area contributed by atoms with E-state index >= 15 is 0 Å². The zero-order valence-electron chi connectivity index (χ0n) is 11.7. The SMILES string of the molecule is CC(C)NCC[C@H]1CCN(Cc2ccccc2)C1. The van der Waals surface area contributed by atoms with Crippen molar-refractivity contribution in [3.8, 4) is 0 Å². The Morgan fingerprint density at radius 1 is 1.28 bits per heavy atom. The normalized spacial score (nSPS) is 20.7. The molecule has 2 heteroatoms. The molecule has 0 spiro atoms. The van der Waals surface area contributed by atoms with Crippen LogP contribution in [0.2, 0.25) is 0 Å². The zero-order chi connectivity index (χ0) is 12.8. The molecule has 2 rings (SSSR count). The van der Waals surface area contributed by atoms with Gasteiger partial charge in [0.15, 0.2) is 0 Å². The monoisotopic (exact) mass is 246 g/mol. The summed E-state index contributed by atoms with van der Waals surface area (Å²) in [5, 5.41) is 3.52. The summed E-state index contributed by atoms with van der Waals surface area (Å²) in [6, 6.07) is 11.4. The summed E-state index contributed by atoms with van der Waals surface area (Å²) >= 11 is 0. The minimum atomic E-state index is 0.617. The molecule has 1 aromatic rings. The zero-order valence-corrected chi connectivity index (χ0v) is 11.7. The van der Waals surface area contributed by atoms with Crippen molar-refractivity contribution in [3.63, 3.8) is 0 Å². The Bertz CT molecular complexity index is 334. The van der Waals surface area contributed by atoms with Crippen molar-refractivity contribution in [2.24, 2.45) is 5.92 Å². The van der Waals surface area contributed by atoms with Crippen LogP contribution in [0.5, 0.6) is 0 Å². The summed E-state index contributed by atoms with van der Waals surface area (Å²) in [5.74, 6) is 0.889. The average Bonchev–Trinajstić information content (AvgIpc) is 2.78. The molecular weight excluding hydrogens is 220 g/mol. The van der Waals surface area contributed by atoms with Crippen molar-refractivity contribution < 1.29 is 0 Å². The maximum Gasteiger partial charge on any atom is 0.0233 e. The molecule has 1 N–H and O–H groups in total. The molecule has 1 heterocycles. The van der Waals surface area contributed by atoms with Crippen LogP contribution in [0.1, 0.15) is 32.3 Å². The van der Waals surface area contributed by atoms with Crippen LogP contribution in [0, 0.1) is 5.92 Å². The number of nitrogens with one attached hydrogen (secondary N) is 1. The lowest BCUT2D eigenvalue weighted by atomic mass is 10.1. The van der Waals surface area contributed by atoms with Crippen molar-refractivity contribution in [2.45, 2.75) is 39.3 Å². The first-order valence-corrected chi connectivity index (χ1v) is 7.23. The lowest BCUT2D eigenvalue weighted by Gasteiger charge is -2.16. The van der Waals surface area contributed by atoms with Crippen molar-refractivity contribution in [1.29, 1.82) is 0 Å². The number of rotatable bonds is 6. The largest absolute Gasteiger partial charge is 0.315 e. The van der Waals surface area contributed by atoms with Gasteiger partial charge in [-0.15, -0.1) is 0 Å². The molecule has 1 aliphatic heterocycles. The molecule has 0 aromatic heterocycles. The molecule has 0 bridgehead atoms. The van der Waals surface area contributed by atoms with E-state index < -0.39 is 0 Å². The molecule has 1 atom stereocenters. The van der Waals surface area contributed by atoms with E-state index in [-0.39, 0.29) is 0 Å². The Balaban J connectivity index is 1.69. The third kappa shape index (κ3) is 4.43. The highest BCUT2D eigenvalue weighted by atomic mass is 15.1. The maximum atomic E-state index is 3.52. The Morgan fingerprint density at radius 3 is 2.78 bits per heavy atom. The van der Waals surface area contributed by atoms with Crippen LogP contribution >= 0.6 is 0 Å². The van der Waals surface area contributed by atoms with E-state index in [0.29, 0.717) is 6.04 Å². The van der Waals surface area contributed by atoms with E-state index in [9.17, 15) is 0 Å². The molecule has 18 heavy (non-hydrogen) atoms. The van der Waals surface area contributed by atoms with Gasteiger partial charge in [-0.25, -0.2) is 0 Å². The molecule has 2 nitrogen and oxygen atoms in total. The molecule has 1 aromatic carbocycles. The van der Waals surface area contributed by atoms with Gasteiger partial charge in [0.2, 0.25) is 0 Å². The molecule has 100 valence electrons. The topological polar surface area (TPSA) is 15.3 Å². The first kappa shape index (κ1) is 13.6. The van der Waals surface area contributed by atoms with Gasteiger partial charge < -0.3 is 5.32 Å². The molecule has 0 unspecified atom stereocenters. The summed E-state index contributed by atoms with van der Waals surface area (Å²) in [4.78, 5) is 2.59. The van der Waals surface area contributed by atoms with Gasteiger partial charge >= 0.3 is 0 Å². The van der Waals surface area contributed by atoms with Crippen LogP contribution < -0.4 is 5.32 Å². The highest BCUT2D eigenvalue weighted by molar-refractivity contribution is 5.14. The third-order valence-electron chi connectivity index (χ3n) is 3.72. The molecule has 0 aliphatic carbocycles. The summed E-state index contributed by atoms with van der Waals surface area (Å²) in [5.41, 5.74) is 1.44. The minimum Gasteiger partial charge on any atom is -0.315 e. The van der Waals surface area contributed by atoms with E-state index in [1.54, 1.807) is 0 Å². The van der Waals surface area contributed by atoms with Gasteiger partial charge in [0.1, 0.15) is 0 Å². The second-order valence-electron chi connectivity index (χ2n) is 5.77. The lowest BCUT2D eigenvalue weighted by Crippen LogP contribution is -2.26. The maximum absolute atomic E-state index is 3.52. The van der Waals surface area contributed by atoms with Crippen LogP contribution in [0.25, 0.3) is 0 Å². The number of likely N-dealkylation sites (tertiary alicyclic amines) is 1. The van der Waals surface area contributed by atoms with Crippen LogP contribution in [0.15, 0.2) is 30.3 Å². The van der Waals surface area contributed by atoms with Gasteiger partial charge in [0, 0.05) is 19.1 Å². The molecule has 1 fully saturated rings. The van der Waals surface area contributed by atoms with E-state index in [0.717, 1.165) is 12.5 Å². The molecule has 0 amide bonds. The lowest BCUT2D eigenvalue weighted by molar-refractivity contribution is 0.312. The standard InChI is InChI=1S/C16H26N2/c1-14(2)17-10-8-16-9-11-18(13-16)12-15-6-4-3-5-7-15/h3-7,14,16-17H,8-13H2,1-2H3/t16-/m0/s1. The Labute approximate surface area is 111 Å². The predicted molar refractivity (Wildman–Crippen MR) is 77.6 cm³/mol. The van der Waals surface area contributed by atoms with Gasteiger partial charge in [-0.1, -0.05) is 44.2 Å². The fourth-order valence-corrected chi connectivity index (χ4v) is 2.71. The third-order valence-corrected chi connectivity index (χ3v) is 3.72. The number of hydrogen-bond donors (Lipinski definition) is 1. The van der Waals surface area contributed by atoms with Crippen LogP contribution in [-0.2, 0) is 6.54 Å². The Hall–Kier alpha value is -0.860. The minimum absolute atomic E-state index is 0.617. The average molecular weight is 246 g/mol. The van der Waals surface area contributed by atoms with E-state index in [1.165, 1.54) is 38.0 Å². The summed E-state index contributed by atoms with van der Waals surface area (Å²) in [6.45, 7) is 9.26. The Morgan fingerprint density at radius 2 is 2.06 bits per heavy atom. The van der Waals surface area contributed by atoms with Crippen LogP contribution in [-0.4, -0.2) is 30.6 Å². The fourth-order valence-electron chi connectivity index (χ4n) is 2.71. The van der Waals surface area contributed by atoms with Crippen molar-refractivity contribution in [1.82, 2.24) is 10.2 Å². The number of hydrogen-bond acceptors (Lipinski definition) is 2. The van der Waals surface area contributed by atoms with Crippen LogP contribution in [0.3, 0.4) is 0 Å². The highest BCUT2D eigenvalue weighted by Gasteiger charge is 2.21. The molecule has 0 radical (unpaired) electrons.